The SMILES string of the molecule is F[C@H]1C[C@@H](Oc2cc(Cl)c(Cl)c3[nH]cc(-c4cn[nH]c4)c23)C1. The van der Waals surface area contributed by atoms with E-state index in [1.54, 1.807) is 18.5 Å². The van der Waals surface area contributed by atoms with Crippen LogP contribution in [0.5, 0.6) is 5.75 Å². The Kier molecular flexibility index (Phi) is 3.27. The van der Waals surface area contributed by atoms with Gasteiger partial charge in [-0.05, 0) is 0 Å². The Bertz CT molecular complexity index is 825. The molecule has 0 unspecified atom stereocenters. The lowest BCUT2D eigenvalue weighted by atomic mass is 9.93. The van der Waals surface area contributed by atoms with Crippen LogP contribution < -0.4 is 4.74 Å². The lowest BCUT2D eigenvalue weighted by molar-refractivity contribution is 0.0421. The molecule has 22 heavy (non-hydrogen) atoms. The van der Waals surface area contributed by atoms with Crippen LogP contribution in [0.4, 0.5) is 4.39 Å². The zero-order valence-electron chi connectivity index (χ0n) is 11.4. The van der Waals surface area contributed by atoms with Crippen molar-refractivity contribution >= 4 is 34.1 Å². The van der Waals surface area contributed by atoms with Crippen molar-refractivity contribution in [3.05, 3.63) is 34.7 Å². The zero-order chi connectivity index (χ0) is 15.3. The molecule has 0 amide bonds. The molecule has 4 rings (SSSR count). The van der Waals surface area contributed by atoms with E-state index in [4.69, 9.17) is 27.9 Å². The number of fused-ring (bicyclic) bond motifs is 1. The third-order valence-electron chi connectivity index (χ3n) is 3.95. The first-order valence-corrected chi connectivity index (χ1v) is 7.68. The van der Waals surface area contributed by atoms with Gasteiger partial charge < -0.3 is 9.72 Å². The minimum atomic E-state index is -0.775. The molecule has 0 saturated heterocycles. The van der Waals surface area contributed by atoms with Crippen molar-refractivity contribution in [2.24, 2.45) is 0 Å². The molecule has 0 bridgehead atoms. The summed E-state index contributed by atoms with van der Waals surface area (Å²) < 4.78 is 19.0. The average molecular weight is 340 g/mol. The lowest BCUT2D eigenvalue weighted by Gasteiger charge is -2.30. The van der Waals surface area contributed by atoms with E-state index in [-0.39, 0.29) is 6.10 Å². The van der Waals surface area contributed by atoms with Gasteiger partial charge in [0.15, 0.2) is 0 Å². The van der Waals surface area contributed by atoms with Gasteiger partial charge in [0.2, 0.25) is 0 Å². The molecule has 7 heteroatoms. The van der Waals surface area contributed by atoms with E-state index < -0.39 is 6.17 Å². The van der Waals surface area contributed by atoms with Crippen LogP contribution in [0.2, 0.25) is 10.0 Å². The highest BCUT2D eigenvalue weighted by atomic mass is 35.5. The predicted molar refractivity (Wildman–Crippen MR) is 84.4 cm³/mol. The fourth-order valence-corrected chi connectivity index (χ4v) is 3.12. The number of rotatable bonds is 3. The third-order valence-corrected chi connectivity index (χ3v) is 4.74. The second kappa shape index (κ2) is 5.18. The molecular formula is C15H12Cl2FN3O. The Morgan fingerprint density at radius 1 is 1.27 bits per heavy atom. The smallest absolute Gasteiger partial charge is 0.131 e. The molecule has 1 aromatic carbocycles. The van der Waals surface area contributed by atoms with Gasteiger partial charge in [0, 0.05) is 42.4 Å². The number of hydrogen-bond donors (Lipinski definition) is 2. The molecule has 2 aromatic heterocycles. The fraction of sp³-hybridized carbons (Fsp3) is 0.267. The summed E-state index contributed by atoms with van der Waals surface area (Å²) in [5.41, 5.74) is 2.52. The van der Waals surface area contributed by atoms with Crippen LogP contribution in [-0.4, -0.2) is 27.5 Å². The summed E-state index contributed by atoms with van der Waals surface area (Å²) in [5, 5.41) is 8.42. The number of aromatic amines is 2. The molecule has 0 spiro atoms. The summed E-state index contributed by atoms with van der Waals surface area (Å²) in [7, 11) is 0. The number of nitrogens with one attached hydrogen (secondary N) is 2. The van der Waals surface area contributed by atoms with Crippen LogP contribution >= 0.6 is 23.2 Å². The molecule has 0 atom stereocenters. The third kappa shape index (κ3) is 2.16. The molecule has 1 aliphatic carbocycles. The summed E-state index contributed by atoms with van der Waals surface area (Å²) in [6.45, 7) is 0. The minimum Gasteiger partial charge on any atom is -0.489 e. The molecule has 114 valence electrons. The summed E-state index contributed by atoms with van der Waals surface area (Å²) in [6.07, 6.45) is 5.26. The van der Waals surface area contributed by atoms with Gasteiger partial charge in [0.25, 0.3) is 0 Å². The van der Waals surface area contributed by atoms with E-state index in [0.29, 0.717) is 34.2 Å². The van der Waals surface area contributed by atoms with Crippen LogP contribution in [0.25, 0.3) is 22.0 Å². The highest BCUT2D eigenvalue weighted by Crippen LogP contribution is 2.43. The number of aromatic nitrogens is 3. The van der Waals surface area contributed by atoms with Crippen LogP contribution in [-0.2, 0) is 0 Å². The van der Waals surface area contributed by atoms with Gasteiger partial charge in [-0.2, -0.15) is 5.10 Å². The number of alkyl halides is 1. The summed E-state index contributed by atoms with van der Waals surface area (Å²) >= 11 is 12.5. The Morgan fingerprint density at radius 3 is 2.77 bits per heavy atom. The number of H-pyrrole nitrogens is 2. The van der Waals surface area contributed by atoms with E-state index in [2.05, 4.69) is 15.2 Å². The quantitative estimate of drug-likeness (QED) is 0.723. The number of benzene rings is 1. The molecule has 2 N–H and O–H groups in total. The van der Waals surface area contributed by atoms with Gasteiger partial charge in [-0.25, -0.2) is 4.39 Å². The highest BCUT2D eigenvalue weighted by molar-refractivity contribution is 6.45. The van der Waals surface area contributed by atoms with Crippen molar-refractivity contribution < 1.29 is 9.13 Å². The molecule has 0 aliphatic heterocycles. The number of nitrogens with zero attached hydrogens (tertiary/aromatic N) is 1. The fourth-order valence-electron chi connectivity index (χ4n) is 2.72. The first kappa shape index (κ1) is 13.9. The topological polar surface area (TPSA) is 53.7 Å². The van der Waals surface area contributed by atoms with Gasteiger partial charge in [-0.15, -0.1) is 0 Å². The van der Waals surface area contributed by atoms with Crippen molar-refractivity contribution in [1.82, 2.24) is 15.2 Å². The van der Waals surface area contributed by atoms with E-state index in [0.717, 1.165) is 16.5 Å². The maximum atomic E-state index is 13.0. The van der Waals surface area contributed by atoms with E-state index in [1.165, 1.54) is 0 Å². The molecule has 1 aliphatic rings. The summed E-state index contributed by atoms with van der Waals surface area (Å²) in [5.74, 6) is 0.610. The van der Waals surface area contributed by atoms with Crippen molar-refractivity contribution in [1.29, 1.82) is 0 Å². The van der Waals surface area contributed by atoms with Gasteiger partial charge >= 0.3 is 0 Å². The standard InChI is InChI=1S/C15H12Cl2FN3O/c16-11-3-12(22-9-1-8(18)2-9)13-10(7-4-20-21-5-7)6-19-15(13)14(11)17/h3-6,8-9,19H,1-2H2,(H,20,21)/t8-,9+. The normalized spacial score (nSPS) is 21.0. The molecule has 3 aromatic rings. The molecular weight excluding hydrogens is 328 g/mol. The van der Waals surface area contributed by atoms with Crippen LogP contribution in [0.1, 0.15) is 12.8 Å². The second-order valence-electron chi connectivity index (χ2n) is 5.42. The number of hydrogen-bond acceptors (Lipinski definition) is 2. The zero-order valence-corrected chi connectivity index (χ0v) is 12.9. The molecule has 1 saturated carbocycles. The lowest BCUT2D eigenvalue weighted by Crippen LogP contribution is -2.34. The maximum absolute atomic E-state index is 13.0. The summed E-state index contributed by atoms with van der Waals surface area (Å²) in [6, 6.07) is 1.69. The minimum absolute atomic E-state index is 0.123. The molecule has 2 heterocycles. The number of halogens is 3. The molecule has 0 radical (unpaired) electrons. The van der Waals surface area contributed by atoms with Gasteiger partial charge in [0.05, 0.1) is 27.1 Å². The number of ether oxygens (including phenoxy) is 1. The van der Waals surface area contributed by atoms with Crippen molar-refractivity contribution in [2.45, 2.75) is 25.1 Å². The monoisotopic (exact) mass is 339 g/mol. The van der Waals surface area contributed by atoms with Crippen molar-refractivity contribution in [2.75, 3.05) is 0 Å². The Morgan fingerprint density at radius 2 is 2.09 bits per heavy atom. The van der Waals surface area contributed by atoms with Gasteiger partial charge in [0.1, 0.15) is 18.0 Å². The second-order valence-corrected chi connectivity index (χ2v) is 6.20. The van der Waals surface area contributed by atoms with Crippen molar-refractivity contribution in [3.8, 4) is 16.9 Å². The van der Waals surface area contributed by atoms with Gasteiger partial charge in [-0.3, -0.25) is 5.10 Å². The molecule has 4 nitrogen and oxygen atoms in total. The average Bonchev–Trinajstić information content (AvgIpc) is 3.11. The Hall–Kier alpha value is -1.72. The Labute approximate surface area is 135 Å². The summed E-state index contributed by atoms with van der Waals surface area (Å²) in [4.78, 5) is 3.13. The maximum Gasteiger partial charge on any atom is 0.131 e. The van der Waals surface area contributed by atoms with Crippen LogP contribution in [0.3, 0.4) is 0 Å². The predicted octanol–water partition coefficient (Wildman–Crippen LogP) is 4.74. The van der Waals surface area contributed by atoms with Gasteiger partial charge in [-0.1, -0.05) is 23.2 Å². The van der Waals surface area contributed by atoms with E-state index >= 15 is 0 Å². The first-order valence-electron chi connectivity index (χ1n) is 6.92. The first-order chi connectivity index (χ1) is 10.6. The Balaban J connectivity index is 1.86. The molecule has 1 fully saturated rings. The van der Waals surface area contributed by atoms with Crippen LogP contribution in [0, 0.1) is 0 Å². The van der Waals surface area contributed by atoms with E-state index in [9.17, 15) is 4.39 Å². The van der Waals surface area contributed by atoms with Crippen LogP contribution in [0.15, 0.2) is 24.7 Å². The van der Waals surface area contributed by atoms with E-state index in [1.807, 2.05) is 6.20 Å². The van der Waals surface area contributed by atoms with Crippen molar-refractivity contribution in [3.63, 3.8) is 0 Å². The highest BCUT2D eigenvalue weighted by Gasteiger charge is 2.31. The largest absolute Gasteiger partial charge is 0.489 e.